The van der Waals surface area contributed by atoms with Gasteiger partial charge in [-0.2, -0.15) is 4.37 Å². The molecule has 8 heteroatoms. The largest absolute Gasteiger partial charge is 0.472 e. The summed E-state index contributed by atoms with van der Waals surface area (Å²) in [5.74, 6) is -0.768. The first-order valence-corrected chi connectivity index (χ1v) is 6.90. The number of nitrogens with zero attached hydrogens (tertiary/aromatic N) is 3. The van der Waals surface area contributed by atoms with Gasteiger partial charge in [0.15, 0.2) is 0 Å². The van der Waals surface area contributed by atoms with E-state index in [4.69, 9.17) is 21.8 Å². The van der Waals surface area contributed by atoms with Crippen LogP contribution in [-0.2, 0) is 4.74 Å². The molecule has 0 radical (unpaired) electrons. The van der Waals surface area contributed by atoms with Gasteiger partial charge >= 0.3 is 0 Å². The van der Waals surface area contributed by atoms with Crippen molar-refractivity contribution >= 4 is 17.5 Å². The van der Waals surface area contributed by atoms with Crippen molar-refractivity contribution in [2.75, 3.05) is 44.2 Å². The fourth-order valence-corrected chi connectivity index (χ4v) is 1.78. The van der Waals surface area contributed by atoms with Crippen LogP contribution in [0.25, 0.3) is 0 Å². The summed E-state index contributed by atoms with van der Waals surface area (Å²) < 4.78 is 88.1. The number of nitrogens with one attached hydrogen (secondary N) is 1. The molecule has 1 aromatic rings. The third-order valence-electron chi connectivity index (χ3n) is 2.20. The van der Waals surface area contributed by atoms with Crippen LogP contribution in [0.1, 0.15) is 33.1 Å². The first-order chi connectivity index (χ1) is 13.2. The molecular formula is C13H24N4O3S. The van der Waals surface area contributed by atoms with Crippen LogP contribution in [0.3, 0.4) is 0 Å². The van der Waals surface area contributed by atoms with Crippen LogP contribution in [0.2, 0.25) is 0 Å². The second kappa shape index (κ2) is 7.35. The van der Waals surface area contributed by atoms with Gasteiger partial charge in [-0.15, -0.1) is 4.37 Å². The Morgan fingerprint density at radius 3 is 2.95 bits per heavy atom. The molecule has 21 heavy (non-hydrogen) atoms. The van der Waals surface area contributed by atoms with E-state index in [2.05, 4.69) is 14.1 Å². The molecule has 1 atom stereocenters. The molecule has 0 aliphatic carbocycles. The maximum Gasteiger partial charge on any atom is 0.270 e. The van der Waals surface area contributed by atoms with Gasteiger partial charge in [0.1, 0.15) is 12.6 Å². The van der Waals surface area contributed by atoms with Gasteiger partial charge in [0, 0.05) is 27.9 Å². The number of aliphatic hydroxyl groups is 1. The number of hydrogen-bond donors (Lipinski definition) is 2. The standard InChI is InChI=1S/C13H24N4O3S/c1-13(2,3)14-8-10(18)9-20-12-11(15-21-16-12)17-4-6-19-7-5-17/h10,14,18H,4-9H2,1-3H3/t10-/m1/s1/i6D2,7D2,8D2,9D2,10D. The van der Waals surface area contributed by atoms with Crippen LogP contribution in [-0.4, -0.2) is 64.7 Å². The van der Waals surface area contributed by atoms with E-state index >= 15 is 0 Å². The summed E-state index contributed by atoms with van der Waals surface area (Å²) in [7, 11) is 0. The number of β-amino-alcohol motifs (C(OH)–C–C–N with tert-alkyl or cyclic N) is 1. The summed E-state index contributed by atoms with van der Waals surface area (Å²) in [4.78, 5) is 1.10. The number of ether oxygens (including phenoxy) is 2. The highest BCUT2D eigenvalue weighted by Crippen LogP contribution is 2.26. The van der Waals surface area contributed by atoms with E-state index in [0.29, 0.717) is 11.7 Å². The highest BCUT2D eigenvalue weighted by Gasteiger charge is 2.21. The average Bonchev–Trinajstić information content (AvgIpc) is 2.88. The molecule has 0 amide bonds. The maximum absolute atomic E-state index is 10.4. The van der Waals surface area contributed by atoms with Crippen molar-refractivity contribution in [1.82, 2.24) is 14.1 Å². The number of rotatable bonds is 6. The average molecular weight is 325 g/mol. The van der Waals surface area contributed by atoms with Gasteiger partial charge in [0.2, 0.25) is 5.82 Å². The lowest BCUT2D eigenvalue weighted by Gasteiger charge is -2.27. The first kappa shape index (κ1) is 8.05. The smallest absolute Gasteiger partial charge is 0.270 e. The van der Waals surface area contributed by atoms with Gasteiger partial charge in [-0.3, -0.25) is 0 Å². The third kappa shape index (κ3) is 5.39. The Kier molecular flexibility index (Phi) is 2.82. The van der Waals surface area contributed by atoms with Crippen molar-refractivity contribution < 1.29 is 26.9 Å². The predicted octanol–water partition coefficient (Wildman–Crippen LogP) is 0.502. The van der Waals surface area contributed by atoms with E-state index < -0.39 is 56.8 Å². The molecule has 7 nitrogen and oxygen atoms in total. The molecule has 0 spiro atoms. The second-order valence-electron chi connectivity index (χ2n) is 5.19. The summed E-state index contributed by atoms with van der Waals surface area (Å²) in [6, 6.07) is 0. The summed E-state index contributed by atoms with van der Waals surface area (Å²) in [6.07, 6.45) is -3.44. The molecule has 2 rings (SSSR count). The molecule has 0 saturated carbocycles. The molecular weight excluding hydrogens is 292 g/mol. The molecule has 2 heterocycles. The van der Waals surface area contributed by atoms with Crippen molar-refractivity contribution in [3.8, 4) is 5.88 Å². The second-order valence-corrected chi connectivity index (χ2v) is 5.72. The van der Waals surface area contributed by atoms with Gasteiger partial charge in [-0.1, -0.05) is 0 Å². The lowest BCUT2D eigenvalue weighted by molar-refractivity contribution is 0.0975. The van der Waals surface area contributed by atoms with Crippen molar-refractivity contribution in [1.29, 1.82) is 0 Å². The molecule has 1 fully saturated rings. The number of anilines is 1. The first-order valence-electron chi connectivity index (χ1n) is 10.7. The summed E-state index contributed by atoms with van der Waals surface area (Å²) in [5, 5.41) is 12.8. The lowest BCUT2D eigenvalue weighted by atomic mass is 10.1. The van der Waals surface area contributed by atoms with E-state index in [1.165, 1.54) is 0 Å². The fraction of sp³-hybridized carbons (Fsp3) is 0.846. The minimum atomic E-state index is -3.44. The topological polar surface area (TPSA) is 79.7 Å². The maximum atomic E-state index is 10.4. The summed E-state index contributed by atoms with van der Waals surface area (Å²) in [5.41, 5.74) is -0.910. The highest BCUT2D eigenvalue weighted by molar-refractivity contribution is 6.99. The molecule has 0 bridgehead atoms. The molecule has 1 saturated heterocycles. The van der Waals surface area contributed by atoms with E-state index in [-0.39, 0.29) is 5.82 Å². The van der Waals surface area contributed by atoms with Crippen LogP contribution in [0.5, 0.6) is 5.88 Å². The van der Waals surface area contributed by atoms with Gasteiger partial charge in [-0.25, -0.2) is 0 Å². The van der Waals surface area contributed by atoms with Crippen molar-refractivity contribution in [2.45, 2.75) is 32.4 Å². The molecule has 0 aromatic carbocycles. The SMILES string of the molecule is [2H]C1([2H])CN(c2nsnc2OC([2H])([2H])[C@]([2H])(O)C([2H])([2H])NC(C)(C)C)CC([2H])([2H])O1. The molecule has 1 aliphatic heterocycles. The Bertz CT molecular complexity index is 753. The van der Waals surface area contributed by atoms with Crippen LogP contribution < -0.4 is 15.0 Å². The zero-order valence-electron chi connectivity index (χ0n) is 20.9. The molecule has 120 valence electrons. The van der Waals surface area contributed by atoms with E-state index in [0.717, 1.165) is 4.90 Å². The Morgan fingerprint density at radius 2 is 2.29 bits per heavy atom. The van der Waals surface area contributed by atoms with Crippen LogP contribution in [0.4, 0.5) is 5.82 Å². The zero-order chi connectivity index (χ0) is 23.4. The van der Waals surface area contributed by atoms with E-state index in [1.807, 2.05) is 0 Å². The van der Waals surface area contributed by atoms with Crippen molar-refractivity contribution in [2.24, 2.45) is 0 Å². The Hall–Kier alpha value is -0.960. The van der Waals surface area contributed by atoms with Crippen LogP contribution in [0, 0.1) is 0 Å². The molecule has 1 aromatic heterocycles. The minimum absolute atomic E-state index is 0.222. The normalized spacial score (nSPS) is 31.8. The number of aromatic nitrogens is 2. The lowest BCUT2D eigenvalue weighted by Crippen LogP contribution is -2.42. The zero-order valence-corrected chi connectivity index (χ0v) is 12.7. The Labute approximate surface area is 142 Å². The van der Waals surface area contributed by atoms with Crippen molar-refractivity contribution in [3.05, 3.63) is 0 Å². The van der Waals surface area contributed by atoms with Crippen LogP contribution >= 0.6 is 11.7 Å². The monoisotopic (exact) mass is 325 g/mol. The summed E-state index contributed by atoms with van der Waals surface area (Å²) in [6.45, 7) is -7.27. The van der Waals surface area contributed by atoms with E-state index in [9.17, 15) is 5.11 Å². The van der Waals surface area contributed by atoms with Gasteiger partial charge < -0.3 is 24.8 Å². The van der Waals surface area contributed by atoms with Gasteiger partial charge in [-0.05, 0) is 20.8 Å². The van der Waals surface area contributed by atoms with Gasteiger partial charge in [0.05, 0.1) is 34.4 Å². The van der Waals surface area contributed by atoms with Crippen LogP contribution in [0.15, 0.2) is 0 Å². The molecule has 0 unspecified atom stereocenters. The minimum Gasteiger partial charge on any atom is -0.472 e. The van der Waals surface area contributed by atoms with Crippen molar-refractivity contribution in [3.63, 3.8) is 0 Å². The van der Waals surface area contributed by atoms with Gasteiger partial charge in [0.25, 0.3) is 5.88 Å². The third-order valence-corrected chi connectivity index (χ3v) is 2.70. The molecule has 2 N–H and O–H groups in total. The number of hydrogen-bond acceptors (Lipinski definition) is 8. The molecule has 1 aliphatic rings. The highest BCUT2D eigenvalue weighted by atomic mass is 32.1. The Morgan fingerprint density at radius 1 is 1.57 bits per heavy atom. The Balaban J connectivity index is 2.32. The van der Waals surface area contributed by atoms with E-state index in [1.54, 1.807) is 20.8 Å². The fourth-order valence-electron chi connectivity index (χ4n) is 1.28. The predicted molar refractivity (Wildman–Crippen MR) is 82.2 cm³/mol. The quantitative estimate of drug-likeness (QED) is 0.788. The number of morpholine rings is 1. The summed E-state index contributed by atoms with van der Waals surface area (Å²) >= 11 is 0.558.